The molecule has 0 radical (unpaired) electrons. The van der Waals surface area contributed by atoms with Gasteiger partial charge in [0.1, 0.15) is 10.6 Å². The summed E-state index contributed by atoms with van der Waals surface area (Å²) in [6.07, 6.45) is 0. The van der Waals surface area contributed by atoms with Gasteiger partial charge in [0, 0.05) is 0 Å². The first-order valence-corrected chi connectivity index (χ1v) is 6.13. The number of furan rings is 1. The van der Waals surface area contributed by atoms with Crippen molar-refractivity contribution in [1.29, 1.82) is 0 Å². The number of halogens is 1. The van der Waals surface area contributed by atoms with E-state index in [1.54, 1.807) is 12.1 Å². The average molecular weight is 267 g/mol. The van der Waals surface area contributed by atoms with Crippen LogP contribution in [0.3, 0.4) is 0 Å². The second-order valence-corrected chi connectivity index (χ2v) is 4.75. The molecule has 0 saturated heterocycles. The lowest BCUT2D eigenvalue weighted by molar-refractivity contribution is 0.430. The average Bonchev–Trinajstić information content (AvgIpc) is 2.97. The van der Waals surface area contributed by atoms with E-state index in [2.05, 4.69) is 10.1 Å². The van der Waals surface area contributed by atoms with Crippen LogP contribution >= 0.6 is 22.9 Å². The molecule has 3 rings (SSSR count). The summed E-state index contributed by atoms with van der Waals surface area (Å²) < 4.78 is 10.6. The summed E-state index contributed by atoms with van der Waals surface area (Å²) in [5, 5.41) is 6.35. The fourth-order valence-electron chi connectivity index (χ4n) is 1.42. The van der Waals surface area contributed by atoms with Gasteiger partial charge in [0.25, 0.3) is 5.89 Å². The SMILES string of the molecule is Cc1ccc(-c2noc(-c3sccc3Cl)n2)o1. The largest absolute Gasteiger partial charge is 0.458 e. The maximum Gasteiger partial charge on any atom is 0.269 e. The second-order valence-electron chi connectivity index (χ2n) is 3.43. The second kappa shape index (κ2) is 4.01. The quantitative estimate of drug-likeness (QED) is 0.703. The standard InChI is InChI=1S/C11H7ClN2O2S/c1-6-2-3-8(15-6)10-13-11(16-14-10)9-7(12)4-5-17-9/h2-5H,1H3. The Morgan fingerprint density at radius 2 is 2.18 bits per heavy atom. The molecular formula is C11H7ClN2O2S. The molecule has 0 atom stereocenters. The van der Waals surface area contributed by atoms with Crippen molar-refractivity contribution in [3.8, 4) is 22.4 Å². The van der Waals surface area contributed by atoms with Crippen LogP contribution in [0, 0.1) is 6.92 Å². The molecule has 0 aliphatic heterocycles. The van der Waals surface area contributed by atoms with Gasteiger partial charge < -0.3 is 8.94 Å². The Morgan fingerprint density at radius 1 is 1.29 bits per heavy atom. The Bertz CT molecular complexity index is 656. The normalized spacial score (nSPS) is 10.9. The number of thiophene rings is 1. The summed E-state index contributed by atoms with van der Waals surface area (Å²) >= 11 is 7.45. The Hall–Kier alpha value is -1.59. The van der Waals surface area contributed by atoms with Crippen LogP contribution in [-0.2, 0) is 0 Å². The molecule has 17 heavy (non-hydrogen) atoms. The van der Waals surface area contributed by atoms with Crippen LogP contribution < -0.4 is 0 Å². The van der Waals surface area contributed by atoms with E-state index < -0.39 is 0 Å². The summed E-state index contributed by atoms with van der Waals surface area (Å²) in [5.74, 6) is 2.23. The first-order chi connectivity index (χ1) is 8.24. The smallest absolute Gasteiger partial charge is 0.269 e. The molecule has 86 valence electrons. The molecule has 3 aromatic rings. The lowest BCUT2D eigenvalue weighted by Gasteiger charge is -1.87. The highest BCUT2D eigenvalue weighted by Gasteiger charge is 2.16. The number of aromatic nitrogens is 2. The van der Waals surface area contributed by atoms with E-state index in [-0.39, 0.29) is 0 Å². The van der Waals surface area contributed by atoms with Gasteiger partial charge in [-0.2, -0.15) is 4.98 Å². The van der Waals surface area contributed by atoms with E-state index >= 15 is 0 Å². The van der Waals surface area contributed by atoms with Crippen LogP contribution in [0.1, 0.15) is 5.76 Å². The molecule has 0 aromatic carbocycles. The minimum Gasteiger partial charge on any atom is -0.458 e. The molecule has 3 heterocycles. The lowest BCUT2D eigenvalue weighted by Crippen LogP contribution is -1.76. The van der Waals surface area contributed by atoms with Crippen molar-refractivity contribution in [2.45, 2.75) is 6.92 Å². The first-order valence-electron chi connectivity index (χ1n) is 4.88. The predicted octanol–water partition coefficient (Wildman–Crippen LogP) is 4.02. The zero-order chi connectivity index (χ0) is 11.8. The van der Waals surface area contributed by atoms with E-state index in [0.29, 0.717) is 22.5 Å². The van der Waals surface area contributed by atoms with Crippen molar-refractivity contribution < 1.29 is 8.94 Å². The van der Waals surface area contributed by atoms with Crippen molar-refractivity contribution >= 4 is 22.9 Å². The molecule has 0 unspecified atom stereocenters. The molecule has 0 bridgehead atoms. The molecule has 6 heteroatoms. The molecule has 0 aliphatic carbocycles. The third-order valence-corrected chi connectivity index (χ3v) is 3.53. The number of aryl methyl sites for hydroxylation is 1. The van der Waals surface area contributed by atoms with Gasteiger partial charge in [0.15, 0.2) is 5.76 Å². The topological polar surface area (TPSA) is 52.1 Å². The summed E-state index contributed by atoms with van der Waals surface area (Å²) in [4.78, 5) is 5.02. The number of rotatable bonds is 2. The van der Waals surface area contributed by atoms with E-state index in [4.69, 9.17) is 20.5 Å². The number of nitrogens with zero attached hydrogens (tertiary/aromatic N) is 2. The molecular weight excluding hydrogens is 260 g/mol. The van der Waals surface area contributed by atoms with Crippen LogP contribution in [0.15, 0.2) is 32.5 Å². The number of hydrogen-bond donors (Lipinski definition) is 0. The van der Waals surface area contributed by atoms with Gasteiger partial charge in [-0.25, -0.2) is 0 Å². The van der Waals surface area contributed by atoms with Crippen LogP contribution in [0.25, 0.3) is 22.4 Å². The van der Waals surface area contributed by atoms with Crippen molar-refractivity contribution in [3.63, 3.8) is 0 Å². The number of hydrogen-bond acceptors (Lipinski definition) is 5. The van der Waals surface area contributed by atoms with Gasteiger partial charge in [-0.05, 0) is 30.5 Å². The van der Waals surface area contributed by atoms with Gasteiger partial charge in [0.05, 0.1) is 5.02 Å². The van der Waals surface area contributed by atoms with Crippen LogP contribution in [0.2, 0.25) is 5.02 Å². The van der Waals surface area contributed by atoms with Gasteiger partial charge in [-0.3, -0.25) is 0 Å². The van der Waals surface area contributed by atoms with Crippen molar-refractivity contribution in [3.05, 3.63) is 34.4 Å². The maximum atomic E-state index is 5.99. The predicted molar refractivity (Wildman–Crippen MR) is 65.1 cm³/mol. The maximum absolute atomic E-state index is 5.99. The van der Waals surface area contributed by atoms with Gasteiger partial charge >= 0.3 is 0 Å². The van der Waals surface area contributed by atoms with Gasteiger partial charge in [0.2, 0.25) is 5.82 Å². The minimum absolute atomic E-state index is 0.411. The fourth-order valence-corrected chi connectivity index (χ4v) is 2.47. The monoisotopic (exact) mass is 266 g/mol. The summed E-state index contributed by atoms with van der Waals surface area (Å²) in [6.45, 7) is 1.86. The molecule has 4 nitrogen and oxygen atoms in total. The Kier molecular flexibility index (Phi) is 2.49. The Labute approximate surface area is 106 Å². The van der Waals surface area contributed by atoms with E-state index in [1.807, 2.05) is 18.4 Å². The summed E-state index contributed by atoms with van der Waals surface area (Å²) in [7, 11) is 0. The third kappa shape index (κ3) is 1.87. The van der Waals surface area contributed by atoms with Crippen LogP contribution in [0.4, 0.5) is 0 Å². The molecule has 0 N–H and O–H groups in total. The van der Waals surface area contributed by atoms with E-state index in [9.17, 15) is 0 Å². The summed E-state index contributed by atoms with van der Waals surface area (Å²) in [6, 6.07) is 5.45. The van der Waals surface area contributed by atoms with Gasteiger partial charge in [-0.1, -0.05) is 16.8 Å². The molecule has 0 aliphatic rings. The molecule has 0 saturated carbocycles. The lowest BCUT2D eigenvalue weighted by atomic mass is 10.4. The van der Waals surface area contributed by atoms with Crippen LogP contribution in [-0.4, -0.2) is 10.1 Å². The summed E-state index contributed by atoms with van der Waals surface area (Å²) in [5.41, 5.74) is 0. The van der Waals surface area contributed by atoms with Crippen molar-refractivity contribution in [2.24, 2.45) is 0 Å². The highest BCUT2D eigenvalue weighted by atomic mass is 35.5. The highest BCUT2D eigenvalue weighted by molar-refractivity contribution is 7.14. The third-order valence-electron chi connectivity index (χ3n) is 2.20. The van der Waals surface area contributed by atoms with Gasteiger partial charge in [-0.15, -0.1) is 11.3 Å². The Balaban J connectivity index is 2.01. The molecule has 0 fully saturated rings. The van der Waals surface area contributed by atoms with E-state index in [1.165, 1.54) is 11.3 Å². The zero-order valence-corrected chi connectivity index (χ0v) is 10.4. The molecule has 3 aromatic heterocycles. The highest BCUT2D eigenvalue weighted by Crippen LogP contribution is 2.33. The Morgan fingerprint density at radius 3 is 2.82 bits per heavy atom. The fraction of sp³-hybridized carbons (Fsp3) is 0.0909. The molecule has 0 spiro atoms. The van der Waals surface area contributed by atoms with Crippen molar-refractivity contribution in [1.82, 2.24) is 10.1 Å². The zero-order valence-electron chi connectivity index (χ0n) is 8.81. The molecule has 0 amide bonds. The van der Waals surface area contributed by atoms with Crippen molar-refractivity contribution in [2.75, 3.05) is 0 Å². The van der Waals surface area contributed by atoms with E-state index in [0.717, 1.165) is 10.6 Å². The first kappa shape index (κ1) is 10.6. The van der Waals surface area contributed by atoms with Crippen LogP contribution in [0.5, 0.6) is 0 Å². The minimum atomic E-state index is 0.411.